The normalized spacial score (nSPS) is 16.0. The SMILES string of the molecule is CC[C@H]1CCc2sc(C(=O)OCC(=O)Nc3cc(C)ccc3C)cc2C1. The second-order valence-electron chi connectivity index (χ2n) is 7.02. The van der Waals surface area contributed by atoms with E-state index in [1.807, 2.05) is 38.1 Å². The molecule has 0 saturated heterocycles. The van der Waals surface area contributed by atoms with E-state index in [9.17, 15) is 9.59 Å². The number of thiophene rings is 1. The molecule has 1 aliphatic rings. The molecular weight excluding hydrogens is 346 g/mol. The molecular formula is C21H25NO3S. The number of hydrogen-bond donors (Lipinski definition) is 1. The largest absolute Gasteiger partial charge is 0.451 e. The zero-order valence-electron chi connectivity index (χ0n) is 15.6. The molecule has 0 spiro atoms. The van der Waals surface area contributed by atoms with Crippen molar-refractivity contribution >= 4 is 28.9 Å². The lowest BCUT2D eigenvalue weighted by Gasteiger charge is -2.19. The molecule has 1 N–H and O–H groups in total. The van der Waals surface area contributed by atoms with Crippen LogP contribution in [-0.2, 0) is 22.4 Å². The van der Waals surface area contributed by atoms with Crippen LogP contribution in [0, 0.1) is 19.8 Å². The maximum absolute atomic E-state index is 12.3. The van der Waals surface area contributed by atoms with Crippen molar-refractivity contribution in [3.05, 3.63) is 50.7 Å². The number of ether oxygens (including phenoxy) is 1. The lowest BCUT2D eigenvalue weighted by molar-refractivity contribution is -0.119. The van der Waals surface area contributed by atoms with E-state index < -0.39 is 5.97 Å². The number of aryl methyl sites for hydroxylation is 3. The lowest BCUT2D eigenvalue weighted by atomic mass is 9.87. The van der Waals surface area contributed by atoms with E-state index in [1.54, 1.807) is 0 Å². The van der Waals surface area contributed by atoms with Gasteiger partial charge in [0, 0.05) is 10.6 Å². The van der Waals surface area contributed by atoms with Crippen LogP contribution in [0.2, 0.25) is 0 Å². The van der Waals surface area contributed by atoms with Crippen molar-refractivity contribution in [2.24, 2.45) is 5.92 Å². The molecule has 1 aromatic heterocycles. The van der Waals surface area contributed by atoms with Gasteiger partial charge in [0.15, 0.2) is 6.61 Å². The summed E-state index contributed by atoms with van der Waals surface area (Å²) in [6, 6.07) is 7.81. The third-order valence-corrected chi connectivity index (χ3v) is 6.18. The van der Waals surface area contributed by atoms with Gasteiger partial charge in [-0.05, 0) is 67.9 Å². The second-order valence-corrected chi connectivity index (χ2v) is 8.16. The average molecular weight is 372 g/mol. The number of anilines is 1. The first-order valence-corrected chi connectivity index (χ1v) is 9.93. The van der Waals surface area contributed by atoms with Gasteiger partial charge in [0.1, 0.15) is 4.88 Å². The highest BCUT2D eigenvalue weighted by atomic mass is 32.1. The Bertz CT molecular complexity index is 825. The Morgan fingerprint density at radius 3 is 2.85 bits per heavy atom. The van der Waals surface area contributed by atoms with Crippen LogP contribution in [-0.4, -0.2) is 18.5 Å². The fourth-order valence-electron chi connectivity index (χ4n) is 3.31. The Hall–Kier alpha value is -2.14. The number of carbonyl (C=O) groups is 2. The zero-order chi connectivity index (χ0) is 18.7. The third kappa shape index (κ3) is 4.33. The molecule has 0 saturated carbocycles. The molecule has 0 unspecified atom stereocenters. The highest BCUT2D eigenvalue weighted by Gasteiger charge is 2.23. The monoisotopic (exact) mass is 371 g/mol. The Labute approximate surface area is 158 Å². The third-order valence-electron chi connectivity index (χ3n) is 4.96. The molecule has 1 atom stereocenters. The molecule has 3 rings (SSSR count). The summed E-state index contributed by atoms with van der Waals surface area (Å²) in [4.78, 5) is 26.3. The highest BCUT2D eigenvalue weighted by Crippen LogP contribution is 2.33. The predicted molar refractivity (Wildman–Crippen MR) is 105 cm³/mol. The Morgan fingerprint density at radius 1 is 1.27 bits per heavy atom. The first-order valence-electron chi connectivity index (χ1n) is 9.12. The summed E-state index contributed by atoms with van der Waals surface area (Å²) in [6.07, 6.45) is 4.45. The van der Waals surface area contributed by atoms with E-state index in [-0.39, 0.29) is 12.5 Å². The predicted octanol–water partition coefficient (Wildman–Crippen LogP) is 4.68. The first-order chi connectivity index (χ1) is 12.5. The molecule has 26 heavy (non-hydrogen) atoms. The Kier molecular flexibility index (Phi) is 5.77. The number of fused-ring (bicyclic) bond motifs is 1. The standard InChI is InChI=1S/C21H25NO3S/c1-4-15-7-8-18-16(10-15)11-19(26-18)21(24)25-12-20(23)22-17-9-13(2)5-6-14(17)3/h5-6,9,11,15H,4,7-8,10,12H2,1-3H3,(H,22,23)/t15-/m0/s1. The van der Waals surface area contributed by atoms with Gasteiger partial charge in [-0.3, -0.25) is 4.79 Å². The van der Waals surface area contributed by atoms with Gasteiger partial charge in [0.25, 0.3) is 5.91 Å². The van der Waals surface area contributed by atoms with Gasteiger partial charge in [0.05, 0.1) is 0 Å². The van der Waals surface area contributed by atoms with Crippen LogP contribution in [0.4, 0.5) is 5.69 Å². The van der Waals surface area contributed by atoms with Crippen molar-refractivity contribution in [2.45, 2.75) is 46.5 Å². The molecule has 5 heteroatoms. The van der Waals surface area contributed by atoms with Crippen LogP contribution in [0.25, 0.3) is 0 Å². The maximum atomic E-state index is 12.3. The van der Waals surface area contributed by atoms with E-state index >= 15 is 0 Å². The van der Waals surface area contributed by atoms with Crippen LogP contribution in [0.3, 0.4) is 0 Å². The van der Waals surface area contributed by atoms with Gasteiger partial charge in [-0.2, -0.15) is 0 Å². The van der Waals surface area contributed by atoms with Crippen molar-refractivity contribution < 1.29 is 14.3 Å². The summed E-state index contributed by atoms with van der Waals surface area (Å²) in [6.45, 7) is 5.84. The smallest absolute Gasteiger partial charge is 0.348 e. The van der Waals surface area contributed by atoms with Crippen LogP contribution in [0.1, 0.15) is 51.0 Å². The summed E-state index contributed by atoms with van der Waals surface area (Å²) in [5.41, 5.74) is 4.08. The summed E-state index contributed by atoms with van der Waals surface area (Å²) < 4.78 is 5.22. The lowest BCUT2D eigenvalue weighted by Crippen LogP contribution is -2.21. The van der Waals surface area contributed by atoms with Gasteiger partial charge in [0.2, 0.25) is 0 Å². The molecule has 0 bridgehead atoms. The van der Waals surface area contributed by atoms with Crippen molar-refractivity contribution in [2.75, 3.05) is 11.9 Å². The van der Waals surface area contributed by atoms with E-state index in [4.69, 9.17) is 4.74 Å². The first kappa shape index (κ1) is 18.6. The summed E-state index contributed by atoms with van der Waals surface area (Å²) in [7, 11) is 0. The minimum absolute atomic E-state index is 0.271. The molecule has 138 valence electrons. The highest BCUT2D eigenvalue weighted by molar-refractivity contribution is 7.14. The summed E-state index contributed by atoms with van der Waals surface area (Å²) in [5.74, 6) is -0.0164. The van der Waals surface area contributed by atoms with Gasteiger partial charge in [-0.15, -0.1) is 11.3 Å². The number of hydrogen-bond acceptors (Lipinski definition) is 4. The van der Waals surface area contributed by atoms with Gasteiger partial charge < -0.3 is 10.1 Å². The summed E-state index contributed by atoms with van der Waals surface area (Å²) in [5, 5.41) is 2.81. The number of carbonyl (C=O) groups excluding carboxylic acids is 2. The minimum Gasteiger partial charge on any atom is -0.451 e. The molecule has 2 aromatic rings. The number of benzene rings is 1. The van der Waals surface area contributed by atoms with Gasteiger partial charge >= 0.3 is 5.97 Å². The number of nitrogens with one attached hydrogen (secondary N) is 1. The van der Waals surface area contributed by atoms with E-state index in [0.29, 0.717) is 10.8 Å². The fraction of sp³-hybridized carbons (Fsp3) is 0.429. The molecule has 0 fully saturated rings. The minimum atomic E-state index is -0.409. The van der Waals surface area contributed by atoms with E-state index in [0.717, 1.165) is 29.7 Å². The molecule has 1 aliphatic carbocycles. The number of amides is 1. The molecule has 1 amide bonds. The second kappa shape index (κ2) is 8.04. The van der Waals surface area contributed by atoms with Gasteiger partial charge in [-0.1, -0.05) is 25.5 Å². The van der Waals surface area contributed by atoms with E-state index in [1.165, 1.54) is 34.6 Å². The Balaban J connectivity index is 1.56. The molecule has 1 aromatic carbocycles. The molecule has 0 radical (unpaired) electrons. The van der Waals surface area contributed by atoms with Crippen LogP contribution in [0.5, 0.6) is 0 Å². The van der Waals surface area contributed by atoms with Crippen molar-refractivity contribution in [3.63, 3.8) is 0 Å². The number of rotatable bonds is 5. The van der Waals surface area contributed by atoms with Crippen molar-refractivity contribution in [1.82, 2.24) is 0 Å². The maximum Gasteiger partial charge on any atom is 0.348 e. The zero-order valence-corrected chi connectivity index (χ0v) is 16.4. The fourth-order valence-corrected chi connectivity index (χ4v) is 4.41. The quantitative estimate of drug-likeness (QED) is 0.777. The topological polar surface area (TPSA) is 55.4 Å². The van der Waals surface area contributed by atoms with Gasteiger partial charge in [-0.25, -0.2) is 4.79 Å². The molecule has 1 heterocycles. The molecule has 4 nitrogen and oxygen atoms in total. The van der Waals surface area contributed by atoms with Crippen LogP contribution < -0.4 is 5.32 Å². The Morgan fingerprint density at radius 2 is 2.08 bits per heavy atom. The van der Waals surface area contributed by atoms with Crippen LogP contribution in [0.15, 0.2) is 24.3 Å². The summed E-state index contributed by atoms with van der Waals surface area (Å²) >= 11 is 1.51. The average Bonchev–Trinajstić information content (AvgIpc) is 3.06. The molecule has 0 aliphatic heterocycles. The van der Waals surface area contributed by atoms with Crippen molar-refractivity contribution in [3.8, 4) is 0 Å². The van der Waals surface area contributed by atoms with Crippen LogP contribution >= 0.6 is 11.3 Å². The number of esters is 1. The van der Waals surface area contributed by atoms with Crippen molar-refractivity contribution in [1.29, 1.82) is 0 Å². The van der Waals surface area contributed by atoms with E-state index in [2.05, 4.69) is 12.2 Å².